The maximum atomic E-state index is 13.3. The second kappa shape index (κ2) is 9.77. The molecule has 1 saturated heterocycles. The van der Waals surface area contributed by atoms with Crippen molar-refractivity contribution in [2.24, 2.45) is 0 Å². The van der Waals surface area contributed by atoms with E-state index in [9.17, 15) is 18.4 Å². The van der Waals surface area contributed by atoms with Crippen molar-refractivity contribution in [3.05, 3.63) is 56.2 Å². The van der Waals surface area contributed by atoms with E-state index in [1.54, 1.807) is 25.1 Å². The highest BCUT2D eigenvalue weighted by molar-refractivity contribution is 9.11. The molecule has 0 spiro atoms. The third-order valence-electron chi connectivity index (χ3n) is 4.86. The van der Waals surface area contributed by atoms with Crippen LogP contribution in [0.1, 0.15) is 35.0 Å². The minimum Gasteiger partial charge on any atom is -0.351 e. The third-order valence-corrected chi connectivity index (χ3v) is 6.48. The van der Waals surface area contributed by atoms with Gasteiger partial charge < -0.3 is 10.6 Å². The molecule has 0 aliphatic carbocycles. The van der Waals surface area contributed by atoms with E-state index < -0.39 is 17.7 Å². The molecule has 1 aliphatic heterocycles. The van der Waals surface area contributed by atoms with Gasteiger partial charge in [0.1, 0.15) is 6.04 Å². The number of nitrogens with zero attached hydrogens (tertiary/aromatic N) is 1. The van der Waals surface area contributed by atoms with E-state index in [4.69, 9.17) is 0 Å². The van der Waals surface area contributed by atoms with Gasteiger partial charge in [-0.2, -0.15) is 0 Å². The highest BCUT2D eigenvalue weighted by atomic mass is 79.9. The molecule has 1 aromatic carbocycles. The van der Waals surface area contributed by atoms with E-state index in [2.05, 4.69) is 31.5 Å². The molecule has 2 amide bonds. The SMILES string of the molecule is CC(NC(=O)c1ccc(Br)s1)C(=O)NC1CCN(Cc2ccc(F)c(F)c2)CC1. The zero-order chi connectivity index (χ0) is 21.0. The average molecular weight is 486 g/mol. The first-order chi connectivity index (χ1) is 13.8. The lowest BCUT2D eigenvalue weighted by atomic mass is 10.0. The van der Waals surface area contributed by atoms with Crippen LogP contribution >= 0.6 is 27.3 Å². The molecule has 1 unspecified atom stereocenters. The summed E-state index contributed by atoms with van der Waals surface area (Å²) in [6.45, 7) is 3.69. The van der Waals surface area contributed by atoms with Gasteiger partial charge in [-0.05, 0) is 65.5 Å². The maximum absolute atomic E-state index is 13.3. The number of carbonyl (C=O) groups is 2. The Kier molecular flexibility index (Phi) is 7.37. The molecule has 9 heteroatoms. The van der Waals surface area contributed by atoms with Gasteiger partial charge in [0.05, 0.1) is 8.66 Å². The molecule has 1 aromatic heterocycles. The summed E-state index contributed by atoms with van der Waals surface area (Å²) in [7, 11) is 0. The normalized spacial score (nSPS) is 16.4. The zero-order valence-corrected chi connectivity index (χ0v) is 18.3. The Morgan fingerprint density at radius 2 is 1.93 bits per heavy atom. The van der Waals surface area contributed by atoms with Crippen LogP contribution < -0.4 is 10.6 Å². The van der Waals surface area contributed by atoms with Crippen molar-refractivity contribution in [2.45, 2.75) is 38.4 Å². The van der Waals surface area contributed by atoms with Crippen molar-refractivity contribution >= 4 is 39.1 Å². The fourth-order valence-electron chi connectivity index (χ4n) is 3.23. The summed E-state index contributed by atoms with van der Waals surface area (Å²) < 4.78 is 27.2. The van der Waals surface area contributed by atoms with E-state index in [-0.39, 0.29) is 17.9 Å². The van der Waals surface area contributed by atoms with Crippen LogP contribution in [0.15, 0.2) is 34.1 Å². The number of likely N-dealkylation sites (tertiary alicyclic amines) is 1. The highest BCUT2D eigenvalue weighted by Crippen LogP contribution is 2.22. The van der Waals surface area contributed by atoms with Crippen molar-refractivity contribution in [2.75, 3.05) is 13.1 Å². The van der Waals surface area contributed by atoms with Gasteiger partial charge in [-0.3, -0.25) is 14.5 Å². The van der Waals surface area contributed by atoms with Crippen LogP contribution in [0, 0.1) is 11.6 Å². The number of piperidine rings is 1. The molecule has 2 heterocycles. The monoisotopic (exact) mass is 485 g/mol. The summed E-state index contributed by atoms with van der Waals surface area (Å²) >= 11 is 4.62. The van der Waals surface area contributed by atoms with Gasteiger partial charge in [-0.1, -0.05) is 6.07 Å². The van der Waals surface area contributed by atoms with Gasteiger partial charge in [-0.25, -0.2) is 8.78 Å². The van der Waals surface area contributed by atoms with E-state index >= 15 is 0 Å². The average Bonchev–Trinajstić information content (AvgIpc) is 3.13. The minimum absolute atomic E-state index is 0.0268. The van der Waals surface area contributed by atoms with Crippen LogP contribution in [-0.2, 0) is 11.3 Å². The summed E-state index contributed by atoms with van der Waals surface area (Å²) in [6.07, 6.45) is 1.52. The molecule has 5 nitrogen and oxygen atoms in total. The van der Waals surface area contributed by atoms with E-state index in [1.807, 2.05) is 0 Å². The molecular formula is C20H22BrF2N3O2S. The summed E-state index contributed by atoms with van der Waals surface area (Å²) in [5.74, 6) is -2.17. The van der Waals surface area contributed by atoms with Crippen molar-refractivity contribution in [3.63, 3.8) is 0 Å². The number of nitrogens with one attached hydrogen (secondary N) is 2. The first-order valence-electron chi connectivity index (χ1n) is 9.34. The Labute approximate surface area is 180 Å². The van der Waals surface area contributed by atoms with Gasteiger partial charge in [0.2, 0.25) is 5.91 Å². The van der Waals surface area contributed by atoms with Crippen LogP contribution in [0.25, 0.3) is 0 Å². The van der Waals surface area contributed by atoms with E-state index in [0.717, 1.165) is 41.3 Å². The van der Waals surface area contributed by atoms with Gasteiger partial charge in [0.25, 0.3) is 5.91 Å². The Bertz CT molecular complexity index is 884. The van der Waals surface area contributed by atoms with Gasteiger partial charge in [0, 0.05) is 25.7 Å². The van der Waals surface area contributed by atoms with Crippen LogP contribution in [0.2, 0.25) is 0 Å². The molecular weight excluding hydrogens is 464 g/mol. The van der Waals surface area contributed by atoms with Gasteiger partial charge in [0.15, 0.2) is 11.6 Å². The minimum atomic E-state index is -0.844. The van der Waals surface area contributed by atoms with Crippen molar-refractivity contribution in [1.29, 1.82) is 0 Å². The molecule has 0 saturated carbocycles. The predicted molar refractivity (Wildman–Crippen MR) is 112 cm³/mol. The topological polar surface area (TPSA) is 61.4 Å². The van der Waals surface area contributed by atoms with Crippen LogP contribution in [0.5, 0.6) is 0 Å². The molecule has 1 atom stereocenters. The summed E-state index contributed by atoms with van der Waals surface area (Å²) in [5.41, 5.74) is 0.725. The second-order valence-corrected chi connectivity index (χ2v) is 9.57. The Morgan fingerprint density at radius 1 is 1.21 bits per heavy atom. The number of amides is 2. The second-order valence-electron chi connectivity index (χ2n) is 7.11. The quantitative estimate of drug-likeness (QED) is 0.655. The van der Waals surface area contributed by atoms with Crippen LogP contribution in [-0.4, -0.2) is 41.9 Å². The van der Waals surface area contributed by atoms with Gasteiger partial charge in [-0.15, -0.1) is 11.3 Å². The Balaban J connectivity index is 1.43. The lowest BCUT2D eigenvalue weighted by Gasteiger charge is -2.33. The first kappa shape index (κ1) is 21.9. The number of rotatable bonds is 6. The number of hydrogen-bond donors (Lipinski definition) is 2. The number of hydrogen-bond acceptors (Lipinski definition) is 4. The number of benzene rings is 1. The lowest BCUT2D eigenvalue weighted by molar-refractivity contribution is -0.123. The zero-order valence-electron chi connectivity index (χ0n) is 15.9. The smallest absolute Gasteiger partial charge is 0.262 e. The third kappa shape index (κ3) is 6.07. The number of carbonyl (C=O) groups excluding carboxylic acids is 2. The Morgan fingerprint density at radius 3 is 2.55 bits per heavy atom. The molecule has 2 aromatic rings. The molecule has 1 aliphatic rings. The molecule has 0 radical (unpaired) electrons. The van der Waals surface area contributed by atoms with Gasteiger partial charge >= 0.3 is 0 Å². The largest absolute Gasteiger partial charge is 0.351 e. The summed E-state index contributed by atoms with van der Waals surface area (Å²) in [4.78, 5) is 27.3. The molecule has 0 bridgehead atoms. The Hall–Kier alpha value is -1.84. The number of halogens is 3. The fraction of sp³-hybridized carbons (Fsp3) is 0.400. The highest BCUT2D eigenvalue weighted by Gasteiger charge is 2.24. The molecule has 156 valence electrons. The standard InChI is InChI=1S/C20H22BrF2N3O2S/c1-12(24-20(28)17-4-5-18(21)29-17)19(27)25-14-6-8-26(9-7-14)11-13-2-3-15(22)16(23)10-13/h2-5,10,12,14H,6-9,11H2,1H3,(H,24,28)(H,25,27). The molecule has 3 rings (SSSR count). The first-order valence-corrected chi connectivity index (χ1v) is 11.0. The summed E-state index contributed by atoms with van der Waals surface area (Å²) in [6, 6.07) is 6.84. The fourth-order valence-corrected chi connectivity index (χ4v) is 4.52. The summed E-state index contributed by atoms with van der Waals surface area (Å²) in [5, 5.41) is 5.70. The lowest BCUT2D eigenvalue weighted by Crippen LogP contribution is -2.50. The molecule has 2 N–H and O–H groups in total. The van der Waals surface area contributed by atoms with E-state index in [1.165, 1.54) is 17.4 Å². The molecule has 1 fully saturated rings. The maximum Gasteiger partial charge on any atom is 0.262 e. The van der Waals surface area contributed by atoms with Crippen molar-refractivity contribution in [1.82, 2.24) is 15.5 Å². The van der Waals surface area contributed by atoms with Crippen LogP contribution in [0.4, 0.5) is 8.78 Å². The van der Waals surface area contributed by atoms with Crippen molar-refractivity contribution < 1.29 is 18.4 Å². The predicted octanol–water partition coefficient (Wildman–Crippen LogP) is 3.69. The van der Waals surface area contributed by atoms with E-state index in [0.29, 0.717) is 11.4 Å². The molecule has 29 heavy (non-hydrogen) atoms. The number of thiophene rings is 1. The van der Waals surface area contributed by atoms with Crippen LogP contribution in [0.3, 0.4) is 0 Å². The van der Waals surface area contributed by atoms with Crippen molar-refractivity contribution in [3.8, 4) is 0 Å².